The van der Waals surface area contributed by atoms with Crippen LogP contribution in [0.15, 0.2) is 11.6 Å². The first-order chi connectivity index (χ1) is 7.08. The van der Waals surface area contributed by atoms with Crippen molar-refractivity contribution in [1.82, 2.24) is 14.8 Å². The number of thiazole rings is 1. The molecule has 78 valence electrons. The van der Waals surface area contributed by atoms with Gasteiger partial charge in [-0.05, 0) is 6.92 Å². The topological polar surface area (TPSA) is 68.0 Å². The fourth-order valence-electron chi connectivity index (χ4n) is 1.31. The summed E-state index contributed by atoms with van der Waals surface area (Å²) in [4.78, 5) is 14.7. The second-order valence-corrected chi connectivity index (χ2v) is 4.00. The first kappa shape index (κ1) is 9.85. The molecule has 0 aliphatic carbocycles. The van der Waals surface area contributed by atoms with Crippen LogP contribution in [0.25, 0.3) is 10.6 Å². The van der Waals surface area contributed by atoms with Gasteiger partial charge < -0.3 is 5.11 Å². The minimum Gasteiger partial charge on any atom is -0.476 e. The monoisotopic (exact) mass is 223 g/mol. The van der Waals surface area contributed by atoms with Gasteiger partial charge in [-0.2, -0.15) is 5.10 Å². The number of hydrogen-bond donors (Lipinski definition) is 1. The largest absolute Gasteiger partial charge is 0.476 e. The smallest absolute Gasteiger partial charge is 0.355 e. The zero-order valence-electron chi connectivity index (χ0n) is 8.26. The summed E-state index contributed by atoms with van der Waals surface area (Å²) >= 11 is 1.31. The van der Waals surface area contributed by atoms with Gasteiger partial charge in [-0.1, -0.05) is 0 Å². The van der Waals surface area contributed by atoms with E-state index in [9.17, 15) is 4.79 Å². The average molecular weight is 223 g/mol. The maximum Gasteiger partial charge on any atom is 0.355 e. The second kappa shape index (κ2) is 3.47. The number of rotatable bonds is 2. The number of aromatic carboxylic acids is 1. The lowest BCUT2D eigenvalue weighted by atomic mass is 10.3. The molecule has 0 radical (unpaired) electrons. The van der Waals surface area contributed by atoms with Crippen LogP contribution in [-0.4, -0.2) is 25.8 Å². The molecule has 2 heterocycles. The Bertz CT molecular complexity index is 515. The highest BCUT2D eigenvalue weighted by Crippen LogP contribution is 2.25. The van der Waals surface area contributed by atoms with E-state index in [4.69, 9.17) is 5.11 Å². The van der Waals surface area contributed by atoms with E-state index in [0.717, 1.165) is 11.3 Å². The zero-order chi connectivity index (χ0) is 11.0. The van der Waals surface area contributed by atoms with Gasteiger partial charge in [0.1, 0.15) is 5.01 Å². The van der Waals surface area contributed by atoms with Gasteiger partial charge in [-0.3, -0.25) is 4.68 Å². The lowest BCUT2D eigenvalue weighted by molar-refractivity contribution is 0.0691. The number of carboxylic acid groups (broad SMARTS) is 1. The number of carboxylic acids is 1. The Kier molecular flexibility index (Phi) is 2.28. The summed E-state index contributed by atoms with van der Waals surface area (Å²) in [7, 11) is 1.82. The highest BCUT2D eigenvalue weighted by atomic mass is 32.1. The summed E-state index contributed by atoms with van der Waals surface area (Å²) < 4.78 is 1.69. The normalized spacial score (nSPS) is 10.5. The quantitative estimate of drug-likeness (QED) is 0.838. The molecule has 6 heteroatoms. The first-order valence-corrected chi connectivity index (χ1v) is 5.15. The molecule has 5 nitrogen and oxygen atoms in total. The minimum atomic E-state index is -1.00. The van der Waals surface area contributed by atoms with Crippen molar-refractivity contribution in [3.63, 3.8) is 0 Å². The van der Waals surface area contributed by atoms with Gasteiger partial charge in [0.05, 0.1) is 11.3 Å². The molecule has 0 unspecified atom stereocenters. The van der Waals surface area contributed by atoms with E-state index in [0.29, 0.717) is 5.01 Å². The van der Waals surface area contributed by atoms with Crippen LogP contribution < -0.4 is 0 Å². The van der Waals surface area contributed by atoms with Crippen molar-refractivity contribution in [2.75, 3.05) is 0 Å². The van der Waals surface area contributed by atoms with E-state index in [1.807, 2.05) is 20.2 Å². The van der Waals surface area contributed by atoms with Gasteiger partial charge in [-0.15, -0.1) is 11.3 Å². The number of carbonyl (C=O) groups is 1. The number of nitrogens with zero attached hydrogens (tertiary/aromatic N) is 3. The lowest BCUT2D eigenvalue weighted by Gasteiger charge is -1.89. The van der Waals surface area contributed by atoms with Crippen LogP contribution in [0.2, 0.25) is 0 Å². The van der Waals surface area contributed by atoms with Crippen LogP contribution in [0.1, 0.15) is 16.2 Å². The fourth-order valence-corrected chi connectivity index (χ4v) is 2.16. The summed E-state index contributed by atoms with van der Waals surface area (Å²) in [5, 5.41) is 15.1. The zero-order valence-corrected chi connectivity index (χ0v) is 9.08. The van der Waals surface area contributed by atoms with Crippen LogP contribution in [0.3, 0.4) is 0 Å². The van der Waals surface area contributed by atoms with E-state index in [2.05, 4.69) is 10.1 Å². The first-order valence-electron chi connectivity index (χ1n) is 4.27. The highest BCUT2D eigenvalue weighted by molar-refractivity contribution is 7.13. The fraction of sp³-hybridized carbons (Fsp3) is 0.222. The Morgan fingerprint density at radius 3 is 2.80 bits per heavy atom. The van der Waals surface area contributed by atoms with Crippen LogP contribution >= 0.6 is 11.3 Å². The molecule has 2 aromatic rings. The summed E-state index contributed by atoms with van der Waals surface area (Å²) in [5.41, 5.74) is 1.82. The predicted molar refractivity (Wildman–Crippen MR) is 56.0 cm³/mol. The van der Waals surface area contributed by atoms with Gasteiger partial charge in [0.2, 0.25) is 0 Å². The molecule has 0 aromatic carbocycles. The Labute approximate surface area is 90.0 Å². The highest BCUT2D eigenvalue weighted by Gasteiger charge is 2.13. The van der Waals surface area contributed by atoms with Crippen molar-refractivity contribution in [3.05, 3.63) is 23.0 Å². The Morgan fingerprint density at radius 1 is 1.60 bits per heavy atom. The maximum absolute atomic E-state index is 10.7. The number of hydrogen-bond acceptors (Lipinski definition) is 4. The van der Waals surface area contributed by atoms with Gasteiger partial charge in [0.15, 0.2) is 5.69 Å². The number of aromatic nitrogens is 3. The summed E-state index contributed by atoms with van der Waals surface area (Å²) in [6, 6.07) is 0. The van der Waals surface area contributed by atoms with Crippen LogP contribution in [0, 0.1) is 6.92 Å². The second-order valence-electron chi connectivity index (χ2n) is 3.14. The van der Waals surface area contributed by atoms with Crippen molar-refractivity contribution >= 4 is 17.3 Å². The van der Waals surface area contributed by atoms with E-state index in [-0.39, 0.29) is 5.69 Å². The Balaban J connectivity index is 2.45. The number of aryl methyl sites for hydroxylation is 2. The molecular formula is C9H9N3O2S. The van der Waals surface area contributed by atoms with Gasteiger partial charge in [0, 0.05) is 18.6 Å². The van der Waals surface area contributed by atoms with Gasteiger partial charge in [0.25, 0.3) is 0 Å². The molecule has 0 atom stereocenters. The molecule has 0 saturated heterocycles. The van der Waals surface area contributed by atoms with Crippen molar-refractivity contribution < 1.29 is 9.90 Å². The molecule has 1 N–H and O–H groups in total. The molecule has 0 amide bonds. The van der Waals surface area contributed by atoms with Gasteiger partial charge >= 0.3 is 5.97 Å². The molecule has 0 aliphatic rings. The summed E-state index contributed by atoms with van der Waals surface area (Å²) in [6.07, 6.45) is 1.83. The van der Waals surface area contributed by atoms with Crippen LogP contribution in [0.4, 0.5) is 0 Å². The third-order valence-electron chi connectivity index (χ3n) is 1.97. The third-order valence-corrected chi connectivity index (χ3v) is 2.84. The molecule has 0 fully saturated rings. The molecule has 15 heavy (non-hydrogen) atoms. The van der Waals surface area contributed by atoms with E-state index >= 15 is 0 Å². The minimum absolute atomic E-state index is 0.0817. The molecule has 0 spiro atoms. The standard InChI is InChI=1S/C9H9N3O2S/c1-5-6(3-12(2)11-5)8-10-7(4-15-8)9(13)14/h3-4H,1-2H3,(H,13,14). The Hall–Kier alpha value is -1.69. The SMILES string of the molecule is Cc1nn(C)cc1-c1nc(C(=O)O)cs1. The molecule has 2 aromatic heterocycles. The maximum atomic E-state index is 10.7. The third kappa shape index (κ3) is 1.75. The summed E-state index contributed by atoms with van der Waals surface area (Å²) in [5.74, 6) is -1.00. The van der Waals surface area contributed by atoms with Crippen molar-refractivity contribution in [1.29, 1.82) is 0 Å². The van der Waals surface area contributed by atoms with E-state index in [1.54, 1.807) is 4.68 Å². The Morgan fingerprint density at radius 2 is 2.33 bits per heavy atom. The van der Waals surface area contributed by atoms with Gasteiger partial charge in [-0.25, -0.2) is 9.78 Å². The van der Waals surface area contributed by atoms with Crippen molar-refractivity contribution in [3.8, 4) is 10.6 Å². The molecule has 0 saturated carbocycles. The molecule has 2 rings (SSSR count). The summed E-state index contributed by atoms with van der Waals surface area (Å²) in [6.45, 7) is 1.87. The van der Waals surface area contributed by atoms with Crippen molar-refractivity contribution in [2.45, 2.75) is 6.92 Å². The van der Waals surface area contributed by atoms with Crippen LogP contribution in [-0.2, 0) is 7.05 Å². The van der Waals surface area contributed by atoms with E-state index < -0.39 is 5.97 Å². The molecule has 0 aliphatic heterocycles. The van der Waals surface area contributed by atoms with Crippen LogP contribution in [0.5, 0.6) is 0 Å². The predicted octanol–water partition coefficient (Wildman–Crippen LogP) is 1.55. The molecular weight excluding hydrogens is 214 g/mol. The van der Waals surface area contributed by atoms with E-state index in [1.165, 1.54) is 16.7 Å². The van der Waals surface area contributed by atoms with Crippen molar-refractivity contribution in [2.24, 2.45) is 7.05 Å². The lowest BCUT2D eigenvalue weighted by Crippen LogP contribution is -1.95. The average Bonchev–Trinajstić information content (AvgIpc) is 2.71. The molecule has 0 bridgehead atoms.